The van der Waals surface area contributed by atoms with Crippen molar-refractivity contribution in [1.82, 2.24) is 4.90 Å². The third kappa shape index (κ3) is 3.31. The van der Waals surface area contributed by atoms with Crippen molar-refractivity contribution in [1.29, 1.82) is 0 Å². The van der Waals surface area contributed by atoms with E-state index in [1.54, 1.807) is 18.4 Å². The molecule has 0 N–H and O–H groups in total. The molecule has 1 amide bonds. The molecule has 138 valence electrons. The number of aryl methyl sites for hydroxylation is 1. The van der Waals surface area contributed by atoms with Crippen molar-refractivity contribution in [3.8, 4) is 21.9 Å². The summed E-state index contributed by atoms with van der Waals surface area (Å²) in [6.45, 7) is 4.30. The van der Waals surface area contributed by atoms with Crippen LogP contribution in [0.4, 0.5) is 0 Å². The van der Waals surface area contributed by atoms with Crippen molar-refractivity contribution >= 4 is 17.2 Å². The molecule has 1 aromatic carbocycles. The van der Waals surface area contributed by atoms with Crippen LogP contribution in [0.25, 0.3) is 10.4 Å². The summed E-state index contributed by atoms with van der Waals surface area (Å²) in [7, 11) is 1.66. The molecule has 0 unspecified atom stereocenters. The van der Waals surface area contributed by atoms with Crippen LogP contribution in [0.1, 0.15) is 23.3 Å². The van der Waals surface area contributed by atoms with Gasteiger partial charge < -0.3 is 19.1 Å². The van der Waals surface area contributed by atoms with E-state index in [4.69, 9.17) is 14.2 Å². The van der Waals surface area contributed by atoms with E-state index >= 15 is 0 Å². The van der Waals surface area contributed by atoms with Crippen LogP contribution in [0.2, 0.25) is 0 Å². The molecule has 1 fully saturated rings. The zero-order chi connectivity index (χ0) is 18.1. The van der Waals surface area contributed by atoms with Crippen molar-refractivity contribution in [3.63, 3.8) is 0 Å². The third-order valence-electron chi connectivity index (χ3n) is 4.86. The molecule has 6 heteroatoms. The second-order valence-electron chi connectivity index (χ2n) is 6.69. The van der Waals surface area contributed by atoms with Gasteiger partial charge in [0.25, 0.3) is 5.91 Å². The molecule has 1 saturated heterocycles. The van der Waals surface area contributed by atoms with Gasteiger partial charge in [-0.2, -0.15) is 0 Å². The number of fused-ring (bicyclic) bond motifs is 1. The van der Waals surface area contributed by atoms with Gasteiger partial charge >= 0.3 is 0 Å². The Morgan fingerprint density at radius 1 is 1.31 bits per heavy atom. The van der Waals surface area contributed by atoms with Crippen LogP contribution in [-0.2, 0) is 16.1 Å². The van der Waals surface area contributed by atoms with Gasteiger partial charge in [0.1, 0.15) is 12.7 Å². The van der Waals surface area contributed by atoms with E-state index in [2.05, 4.69) is 25.1 Å². The predicted octanol–water partition coefficient (Wildman–Crippen LogP) is 3.63. The number of hydrogen-bond acceptors (Lipinski definition) is 5. The number of carbonyl (C=O) groups is 1. The van der Waals surface area contributed by atoms with E-state index in [1.807, 2.05) is 11.0 Å². The van der Waals surface area contributed by atoms with Crippen LogP contribution in [0.3, 0.4) is 0 Å². The Kier molecular flexibility index (Phi) is 4.87. The SMILES string of the molecule is COc1cc(-c2ccc(C)s2)cc2c1OCCN(C(=O)[C@@H]1CCCO1)C2. The van der Waals surface area contributed by atoms with Crippen molar-refractivity contribution < 1.29 is 19.0 Å². The van der Waals surface area contributed by atoms with E-state index in [9.17, 15) is 4.79 Å². The smallest absolute Gasteiger partial charge is 0.252 e. The zero-order valence-electron chi connectivity index (χ0n) is 15.1. The van der Waals surface area contributed by atoms with E-state index in [1.165, 1.54) is 9.75 Å². The summed E-state index contributed by atoms with van der Waals surface area (Å²) in [4.78, 5) is 17.1. The number of methoxy groups -OCH3 is 1. The maximum atomic E-state index is 12.8. The Hall–Kier alpha value is -2.05. The maximum absolute atomic E-state index is 12.8. The first kappa shape index (κ1) is 17.4. The summed E-state index contributed by atoms with van der Waals surface area (Å²) in [6, 6.07) is 8.36. The average molecular weight is 373 g/mol. The van der Waals surface area contributed by atoms with Gasteiger partial charge in [-0.15, -0.1) is 11.3 Å². The number of carbonyl (C=O) groups excluding carboxylic acids is 1. The van der Waals surface area contributed by atoms with E-state index < -0.39 is 0 Å². The lowest BCUT2D eigenvalue weighted by Crippen LogP contribution is -2.39. The van der Waals surface area contributed by atoms with Crippen molar-refractivity contribution in [3.05, 3.63) is 34.7 Å². The predicted molar refractivity (Wildman–Crippen MR) is 101 cm³/mol. The Balaban J connectivity index is 1.67. The molecule has 2 aliphatic heterocycles. The zero-order valence-corrected chi connectivity index (χ0v) is 15.9. The molecule has 0 radical (unpaired) electrons. The molecule has 2 aromatic rings. The monoisotopic (exact) mass is 373 g/mol. The summed E-state index contributed by atoms with van der Waals surface area (Å²) in [5.41, 5.74) is 2.07. The lowest BCUT2D eigenvalue weighted by atomic mass is 10.1. The third-order valence-corrected chi connectivity index (χ3v) is 5.91. The van der Waals surface area contributed by atoms with Gasteiger partial charge in [0, 0.05) is 28.5 Å². The Bertz CT molecular complexity index is 810. The molecule has 0 saturated carbocycles. The minimum atomic E-state index is -0.304. The lowest BCUT2D eigenvalue weighted by Gasteiger charge is -2.23. The summed E-state index contributed by atoms with van der Waals surface area (Å²) in [6.07, 6.45) is 1.45. The normalized spacial score (nSPS) is 19.6. The molecule has 0 bridgehead atoms. The van der Waals surface area contributed by atoms with Crippen LogP contribution in [-0.4, -0.2) is 43.8 Å². The standard InChI is InChI=1S/C20H23NO4S/c1-13-5-6-18(26-13)14-10-15-12-21(20(22)16-4-3-8-24-16)7-9-25-19(15)17(11-14)23-2/h5-6,10-11,16H,3-4,7-9,12H2,1-2H3/t16-/m0/s1. The van der Waals surface area contributed by atoms with Crippen LogP contribution in [0.15, 0.2) is 24.3 Å². The summed E-state index contributed by atoms with van der Waals surface area (Å²) >= 11 is 1.75. The number of nitrogens with zero attached hydrogens (tertiary/aromatic N) is 1. The number of thiophene rings is 1. The summed E-state index contributed by atoms with van der Waals surface area (Å²) in [5.74, 6) is 1.53. The van der Waals surface area contributed by atoms with E-state index in [0.717, 1.165) is 35.5 Å². The fourth-order valence-electron chi connectivity index (χ4n) is 3.53. The fraction of sp³-hybridized carbons (Fsp3) is 0.450. The first-order valence-electron chi connectivity index (χ1n) is 8.96. The van der Waals surface area contributed by atoms with Gasteiger partial charge in [-0.3, -0.25) is 4.79 Å². The number of hydrogen-bond donors (Lipinski definition) is 0. The first-order valence-corrected chi connectivity index (χ1v) is 9.78. The van der Waals surface area contributed by atoms with Crippen LogP contribution >= 0.6 is 11.3 Å². The first-order chi connectivity index (χ1) is 12.7. The number of rotatable bonds is 3. The largest absolute Gasteiger partial charge is 0.493 e. The van der Waals surface area contributed by atoms with E-state index in [-0.39, 0.29) is 12.0 Å². The number of amides is 1. The van der Waals surface area contributed by atoms with Crippen molar-refractivity contribution in [2.24, 2.45) is 0 Å². The summed E-state index contributed by atoms with van der Waals surface area (Å²) in [5, 5.41) is 0. The van der Waals surface area contributed by atoms with Crippen LogP contribution in [0.5, 0.6) is 11.5 Å². The molecule has 3 heterocycles. The lowest BCUT2D eigenvalue weighted by molar-refractivity contribution is -0.141. The van der Waals surface area contributed by atoms with Crippen LogP contribution < -0.4 is 9.47 Å². The quantitative estimate of drug-likeness (QED) is 0.824. The van der Waals surface area contributed by atoms with Crippen molar-refractivity contribution in [2.75, 3.05) is 26.9 Å². The highest BCUT2D eigenvalue weighted by molar-refractivity contribution is 7.15. The van der Waals surface area contributed by atoms with Crippen LogP contribution in [0, 0.1) is 6.92 Å². The second kappa shape index (κ2) is 7.29. The van der Waals surface area contributed by atoms with Gasteiger partial charge in [-0.05, 0) is 49.6 Å². The highest BCUT2D eigenvalue weighted by Gasteiger charge is 2.30. The maximum Gasteiger partial charge on any atom is 0.252 e. The molecule has 0 aliphatic carbocycles. The van der Waals surface area contributed by atoms with Gasteiger partial charge in [-0.25, -0.2) is 0 Å². The molecule has 1 aromatic heterocycles. The van der Waals surface area contributed by atoms with E-state index in [0.29, 0.717) is 26.3 Å². The molecule has 26 heavy (non-hydrogen) atoms. The molecule has 1 atom stereocenters. The summed E-state index contributed by atoms with van der Waals surface area (Å²) < 4.78 is 17.1. The van der Waals surface area contributed by atoms with Gasteiger partial charge in [0.2, 0.25) is 0 Å². The minimum Gasteiger partial charge on any atom is -0.493 e. The average Bonchev–Trinajstić information content (AvgIpc) is 3.28. The minimum absolute atomic E-state index is 0.0651. The molecule has 4 rings (SSSR count). The molecular weight excluding hydrogens is 350 g/mol. The molecule has 5 nitrogen and oxygen atoms in total. The van der Waals surface area contributed by atoms with Crippen molar-refractivity contribution in [2.45, 2.75) is 32.4 Å². The molecule has 0 spiro atoms. The highest BCUT2D eigenvalue weighted by Crippen LogP contribution is 2.40. The Morgan fingerprint density at radius 2 is 2.19 bits per heavy atom. The molecule has 2 aliphatic rings. The Morgan fingerprint density at radius 3 is 2.88 bits per heavy atom. The Labute approximate surface area is 157 Å². The number of ether oxygens (including phenoxy) is 3. The van der Waals surface area contributed by atoms with Gasteiger partial charge in [0.05, 0.1) is 13.7 Å². The number of benzene rings is 1. The molecular formula is C20H23NO4S. The highest BCUT2D eigenvalue weighted by atomic mass is 32.1. The topological polar surface area (TPSA) is 48.0 Å². The second-order valence-corrected chi connectivity index (χ2v) is 7.97. The fourth-order valence-corrected chi connectivity index (χ4v) is 4.39. The van der Waals surface area contributed by atoms with Gasteiger partial charge in [-0.1, -0.05) is 0 Å². The van der Waals surface area contributed by atoms with Gasteiger partial charge in [0.15, 0.2) is 11.5 Å².